The van der Waals surface area contributed by atoms with Crippen LogP contribution >= 0.6 is 0 Å². The molecule has 0 unspecified atom stereocenters. The van der Waals surface area contributed by atoms with Gasteiger partial charge < -0.3 is 10.3 Å². The van der Waals surface area contributed by atoms with E-state index >= 15 is 0 Å². The molecule has 0 amide bonds. The molecule has 2 N–H and O–H groups in total. The molecule has 1 heterocycles. The Labute approximate surface area is 89.7 Å². The van der Waals surface area contributed by atoms with Crippen LogP contribution in [0.4, 0.5) is 0 Å². The Hall–Kier alpha value is -1.72. The van der Waals surface area contributed by atoms with Crippen molar-refractivity contribution in [3.63, 3.8) is 0 Å². The molecular weight excluding hydrogens is 184 g/mol. The average molecular weight is 198 g/mol. The zero-order valence-electron chi connectivity index (χ0n) is 8.59. The molecule has 0 aliphatic heterocycles. The molecule has 0 saturated heterocycles. The second-order valence-corrected chi connectivity index (χ2v) is 3.53. The van der Waals surface area contributed by atoms with Gasteiger partial charge in [0.25, 0.3) is 0 Å². The zero-order chi connectivity index (χ0) is 10.5. The lowest BCUT2D eigenvalue weighted by Gasteiger charge is -2.02. The SMILES string of the molecule is C#CCCNCc1ccc2cc[nH]c2c1. The maximum atomic E-state index is 5.17. The van der Waals surface area contributed by atoms with Crippen LogP contribution in [0, 0.1) is 12.3 Å². The van der Waals surface area contributed by atoms with Crippen LogP contribution < -0.4 is 5.32 Å². The molecule has 0 saturated carbocycles. The molecule has 0 atom stereocenters. The Morgan fingerprint density at radius 2 is 2.27 bits per heavy atom. The Morgan fingerprint density at radius 3 is 3.13 bits per heavy atom. The van der Waals surface area contributed by atoms with Gasteiger partial charge in [0.05, 0.1) is 0 Å². The first-order chi connectivity index (χ1) is 7.40. The van der Waals surface area contributed by atoms with Gasteiger partial charge in [0.1, 0.15) is 0 Å². The first-order valence-electron chi connectivity index (χ1n) is 5.10. The fraction of sp³-hybridized carbons (Fsp3) is 0.231. The minimum Gasteiger partial charge on any atom is -0.361 e. The number of rotatable bonds is 4. The van der Waals surface area contributed by atoms with E-state index in [1.807, 2.05) is 6.20 Å². The largest absolute Gasteiger partial charge is 0.361 e. The lowest BCUT2D eigenvalue weighted by molar-refractivity contribution is 0.702. The summed E-state index contributed by atoms with van der Waals surface area (Å²) >= 11 is 0. The zero-order valence-corrected chi connectivity index (χ0v) is 8.59. The van der Waals surface area contributed by atoms with Crippen LogP contribution in [0.1, 0.15) is 12.0 Å². The van der Waals surface area contributed by atoms with Crippen molar-refractivity contribution >= 4 is 10.9 Å². The van der Waals surface area contributed by atoms with E-state index < -0.39 is 0 Å². The number of nitrogens with one attached hydrogen (secondary N) is 2. The van der Waals surface area contributed by atoms with Crippen molar-refractivity contribution in [3.8, 4) is 12.3 Å². The first-order valence-corrected chi connectivity index (χ1v) is 5.10. The van der Waals surface area contributed by atoms with Gasteiger partial charge in [0.2, 0.25) is 0 Å². The molecule has 0 radical (unpaired) electrons. The topological polar surface area (TPSA) is 27.8 Å². The van der Waals surface area contributed by atoms with Crippen molar-refractivity contribution in [2.75, 3.05) is 6.54 Å². The molecule has 1 aromatic heterocycles. The average Bonchev–Trinajstić information content (AvgIpc) is 2.71. The van der Waals surface area contributed by atoms with E-state index in [-0.39, 0.29) is 0 Å². The van der Waals surface area contributed by atoms with Crippen molar-refractivity contribution in [2.24, 2.45) is 0 Å². The molecule has 0 spiro atoms. The number of aromatic nitrogens is 1. The van der Waals surface area contributed by atoms with Gasteiger partial charge in [-0.3, -0.25) is 0 Å². The molecule has 2 rings (SSSR count). The third-order valence-electron chi connectivity index (χ3n) is 2.39. The van der Waals surface area contributed by atoms with Gasteiger partial charge in [-0.05, 0) is 23.1 Å². The number of fused-ring (bicyclic) bond motifs is 1. The number of terminal acetylenes is 1. The van der Waals surface area contributed by atoms with E-state index in [0.29, 0.717) is 0 Å². The summed E-state index contributed by atoms with van der Waals surface area (Å²) < 4.78 is 0. The van der Waals surface area contributed by atoms with Gasteiger partial charge in [-0.15, -0.1) is 12.3 Å². The number of aromatic amines is 1. The maximum Gasteiger partial charge on any atom is 0.0457 e. The monoisotopic (exact) mass is 198 g/mol. The van der Waals surface area contributed by atoms with Crippen molar-refractivity contribution in [3.05, 3.63) is 36.0 Å². The van der Waals surface area contributed by atoms with E-state index in [0.717, 1.165) is 19.5 Å². The predicted octanol–water partition coefficient (Wildman–Crippen LogP) is 2.28. The van der Waals surface area contributed by atoms with Gasteiger partial charge in [-0.2, -0.15) is 0 Å². The Bertz CT molecular complexity index is 476. The molecular formula is C13H14N2. The van der Waals surface area contributed by atoms with Crippen molar-refractivity contribution in [1.29, 1.82) is 0 Å². The molecule has 76 valence electrons. The second kappa shape index (κ2) is 4.68. The molecule has 0 aliphatic rings. The van der Waals surface area contributed by atoms with Crippen molar-refractivity contribution in [1.82, 2.24) is 10.3 Å². The summed E-state index contributed by atoms with van der Waals surface area (Å²) in [7, 11) is 0. The second-order valence-electron chi connectivity index (χ2n) is 3.53. The maximum absolute atomic E-state index is 5.17. The minimum absolute atomic E-state index is 0.782. The lowest BCUT2D eigenvalue weighted by atomic mass is 10.1. The summed E-state index contributed by atoms with van der Waals surface area (Å²) in [6, 6.07) is 8.51. The number of hydrogen-bond acceptors (Lipinski definition) is 1. The minimum atomic E-state index is 0.782. The van der Waals surface area contributed by atoms with Crippen LogP contribution in [0.2, 0.25) is 0 Å². The van der Waals surface area contributed by atoms with E-state index in [1.165, 1.54) is 16.5 Å². The van der Waals surface area contributed by atoms with Crippen LogP contribution in [0.3, 0.4) is 0 Å². The Morgan fingerprint density at radius 1 is 1.33 bits per heavy atom. The Kier molecular flexibility index (Phi) is 3.06. The van der Waals surface area contributed by atoms with Gasteiger partial charge in [-0.25, -0.2) is 0 Å². The van der Waals surface area contributed by atoms with Gasteiger partial charge >= 0.3 is 0 Å². The van der Waals surface area contributed by atoms with Crippen LogP contribution in [0.25, 0.3) is 10.9 Å². The highest BCUT2D eigenvalue weighted by atomic mass is 14.8. The van der Waals surface area contributed by atoms with Gasteiger partial charge in [0.15, 0.2) is 0 Å². The molecule has 0 fully saturated rings. The van der Waals surface area contributed by atoms with E-state index in [9.17, 15) is 0 Å². The van der Waals surface area contributed by atoms with Crippen molar-refractivity contribution < 1.29 is 0 Å². The highest BCUT2D eigenvalue weighted by molar-refractivity contribution is 5.79. The Balaban J connectivity index is 1.99. The number of H-pyrrole nitrogens is 1. The lowest BCUT2D eigenvalue weighted by Crippen LogP contribution is -2.13. The van der Waals surface area contributed by atoms with Gasteiger partial charge in [0, 0.05) is 31.2 Å². The van der Waals surface area contributed by atoms with Crippen LogP contribution in [-0.2, 0) is 6.54 Å². The molecule has 0 aliphatic carbocycles. The summed E-state index contributed by atoms with van der Waals surface area (Å²) in [4.78, 5) is 3.20. The van der Waals surface area contributed by atoms with E-state index in [4.69, 9.17) is 6.42 Å². The normalized spacial score (nSPS) is 10.3. The van der Waals surface area contributed by atoms with Crippen LogP contribution in [0.5, 0.6) is 0 Å². The smallest absolute Gasteiger partial charge is 0.0457 e. The van der Waals surface area contributed by atoms with Gasteiger partial charge in [-0.1, -0.05) is 12.1 Å². The number of hydrogen-bond donors (Lipinski definition) is 2. The molecule has 2 aromatic rings. The molecule has 1 aromatic carbocycles. The first kappa shape index (κ1) is 9.82. The number of benzene rings is 1. The van der Waals surface area contributed by atoms with Crippen molar-refractivity contribution in [2.45, 2.75) is 13.0 Å². The third kappa shape index (κ3) is 2.39. The molecule has 15 heavy (non-hydrogen) atoms. The molecule has 0 bridgehead atoms. The molecule has 2 heteroatoms. The predicted molar refractivity (Wildman–Crippen MR) is 63.5 cm³/mol. The highest BCUT2D eigenvalue weighted by Gasteiger charge is 1.96. The summed E-state index contributed by atoms with van der Waals surface area (Å²) in [5.41, 5.74) is 2.47. The van der Waals surface area contributed by atoms with E-state index in [1.54, 1.807) is 0 Å². The fourth-order valence-corrected chi connectivity index (χ4v) is 1.60. The fourth-order valence-electron chi connectivity index (χ4n) is 1.60. The summed E-state index contributed by atoms with van der Waals surface area (Å²) in [5.74, 6) is 2.61. The summed E-state index contributed by atoms with van der Waals surface area (Å²) in [6.07, 6.45) is 7.91. The van der Waals surface area contributed by atoms with Crippen LogP contribution in [-0.4, -0.2) is 11.5 Å². The quantitative estimate of drug-likeness (QED) is 0.572. The highest BCUT2D eigenvalue weighted by Crippen LogP contribution is 2.13. The summed E-state index contributed by atoms with van der Waals surface area (Å²) in [5, 5.41) is 4.56. The molecule has 2 nitrogen and oxygen atoms in total. The van der Waals surface area contributed by atoms with E-state index in [2.05, 4.69) is 40.5 Å². The standard InChI is InChI=1S/C13H14N2/c1-2-3-7-14-10-11-4-5-12-6-8-15-13(12)9-11/h1,4-6,8-9,14-15H,3,7,10H2. The summed E-state index contributed by atoms with van der Waals surface area (Å²) in [6.45, 7) is 1.75. The van der Waals surface area contributed by atoms with Crippen LogP contribution in [0.15, 0.2) is 30.5 Å². The third-order valence-corrected chi connectivity index (χ3v) is 2.39.